The highest BCUT2D eigenvalue weighted by Gasteiger charge is 2.32. The number of rotatable bonds is 8. The number of nitrogens with one attached hydrogen (secondary N) is 1. The lowest BCUT2D eigenvalue weighted by Gasteiger charge is -2.24. The summed E-state index contributed by atoms with van der Waals surface area (Å²) < 4.78 is 34.0. The quantitative estimate of drug-likeness (QED) is 0.370. The van der Waals surface area contributed by atoms with E-state index in [-0.39, 0.29) is 10.7 Å². The largest absolute Gasteiger partial charge is 0.497 e. The molecule has 0 radical (unpaired) electrons. The molecule has 0 fully saturated rings. The van der Waals surface area contributed by atoms with Gasteiger partial charge in [0, 0.05) is 5.56 Å². The van der Waals surface area contributed by atoms with Crippen molar-refractivity contribution in [1.82, 2.24) is 4.72 Å². The van der Waals surface area contributed by atoms with Crippen molar-refractivity contribution >= 4 is 31.7 Å². The van der Waals surface area contributed by atoms with Crippen LogP contribution in [0.5, 0.6) is 5.75 Å². The van der Waals surface area contributed by atoms with Gasteiger partial charge in [0.25, 0.3) is 0 Å². The Morgan fingerprint density at radius 1 is 0.933 bits per heavy atom. The number of carbonyl (C=O) groups is 1. The summed E-state index contributed by atoms with van der Waals surface area (Å²) in [5, 5.41) is 0. The highest BCUT2D eigenvalue weighted by Crippen LogP contribution is 2.29. The van der Waals surface area contributed by atoms with Crippen LogP contribution in [0.25, 0.3) is 0 Å². The maximum Gasteiger partial charge on any atom is 0.241 e. The Morgan fingerprint density at radius 3 is 2.10 bits per heavy atom. The maximum atomic E-state index is 13.0. The minimum absolute atomic E-state index is 0.137. The van der Waals surface area contributed by atoms with Crippen LogP contribution in [-0.4, -0.2) is 26.1 Å². The van der Waals surface area contributed by atoms with E-state index in [1.807, 2.05) is 13.0 Å². The van der Waals surface area contributed by atoms with E-state index < -0.39 is 20.9 Å². The monoisotopic (exact) mass is 487 g/mol. The van der Waals surface area contributed by atoms with E-state index in [0.29, 0.717) is 16.9 Å². The molecule has 3 aromatic carbocycles. The second-order valence-corrected chi connectivity index (χ2v) is 9.52. The molecule has 7 heteroatoms. The van der Waals surface area contributed by atoms with Crippen LogP contribution in [-0.2, 0) is 10.0 Å². The van der Waals surface area contributed by atoms with Crippen LogP contribution in [0.2, 0.25) is 0 Å². The summed E-state index contributed by atoms with van der Waals surface area (Å²) in [5.41, 5.74) is 2.09. The summed E-state index contributed by atoms with van der Waals surface area (Å²) in [6, 6.07) is 21.5. The molecule has 2 unspecified atom stereocenters. The molecule has 0 saturated heterocycles. The number of hydrogen-bond donors (Lipinski definition) is 1. The SMILES string of the molecule is COc1ccc(C(NS(=O)(=O)c2ccc(C)cc2)C(Br)C(=O)c2ccccc2)cc1. The standard InChI is InChI=1S/C23H22BrNO4S/c1-16-8-14-20(15-9-16)30(27,28)25-22(17-10-12-19(29-2)13-11-17)21(24)23(26)18-6-4-3-5-7-18/h3-15,21-22,25H,1-2H3. The van der Waals surface area contributed by atoms with Crippen LogP contribution in [0.1, 0.15) is 27.5 Å². The molecule has 0 saturated carbocycles. The van der Waals surface area contributed by atoms with Gasteiger partial charge < -0.3 is 4.74 Å². The van der Waals surface area contributed by atoms with Crippen molar-refractivity contribution in [3.8, 4) is 5.75 Å². The lowest BCUT2D eigenvalue weighted by Crippen LogP contribution is -2.37. The number of ether oxygens (including phenoxy) is 1. The fraction of sp³-hybridized carbons (Fsp3) is 0.174. The average molecular weight is 488 g/mol. The van der Waals surface area contributed by atoms with Gasteiger partial charge in [-0.1, -0.05) is 76.1 Å². The van der Waals surface area contributed by atoms with E-state index in [4.69, 9.17) is 4.74 Å². The van der Waals surface area contributed by atoms with Crippen LogP contribution in [0.3, 0.4) is 0 Å². The van der Waals surface area contributed by atoms with Gasteiger partial charge in [-0.05, 0) is 36.8 Å². The molecule has 2 atom stereocenters. The maximum absolute atomic E-state index is 13.0. The van der Waals surface area contributed by atoms with Crippen molar-refractivity contribution in [2.24, 2.45) is 0 Å². The molecule has 1 N–H and O–H groups in total. The molecule has 0 bridgehead atoms. The predicted octanol–water partition coefficient (Wildman–Crippen LogP) is 4.67. The molecular formula is C23H22BrNO4S. The fourth-order valence-corrected chi connectivity index (χ4v) is 5.09. The van der Waals surface area contributed by atoms with Gasteiger partial charge in [0.15, 0.2) is 5.78 Å². The van der Waals surface area contributed by atoms with Crippen molar-refractivity contribution in [3.05, 3.63) is 95.6 Å². The van der Waals surface area contributed by atoms with Crippen molar-refractivity contribution in [1.29, 1.82) is 0 Å². The zero-order valence-corrected chi connectivity index (χ0v) is 19.0. The Balaban J connectivity index is 1.98. The normalized spacial score (nSPS) is 13.4. The first-order valence-electron chi connectivity index (χ1n) is 9.28. The first-order chi connectivity index (χ1) is 14.3. The molecule has 0 spiro atoms. The van der Waals surface area contributed by atoms with Gasteiger partial charge in [-0.2, -0.15) is 0 Å². The Labute approximate surface area is 185 Å². The third kappa shape index (κ3) is 5.16. The highest BCUT2D eigenvalue weighted by molar-refractivity contribution is 9.10. The molecule has 156 valence electrons. The van der Waals surface area contributed by atoms with Crippen LogP contribution < -0.4 is 9.46 Å². The summed E-state index contributed by atoms with van der Waals surface area (Å²) in [6.45, 7) is 1.89. The third-order valence-electron chi connectivity index (χ3n) is 4.69. The van der Waals surface area contributed by atoms with Crippen LogP contribution >= 0.6 is 15.9 Å². The van der Waals surface area contributed by atoms with E-state index in [9.17, 15) is 13.2 Å². The van der Waals surface area contributed by atoms with Gasteiger partial charge in [-0.3, -0.25) is 4.79 Å². The van der Waals surface area contributed by atoms with Gasteiger partial charge >= 0.3 is 0 Å². The first kappa shape index (κ1) is 22.2. The van der Waals surface area contributed by atoms with E-state index in [1.165, 1.54) is 0 Å². The molecule has 30 heavy (non-hydrogen) atoms. The molecule has 0 amide bonds. The van der Waals surface area contributed by atoms with Crippen LogP contribution in [0.15, 0.2) is 83.8 Å². The number of benzene rings is 3. The summed E-state index contributed by atoms with van der Waals surface area (Å²) in [4.78, 5) is 12.4. The second kappa shape index (κ2) is 9.55. The first-order valence-corrected chi connectivity index (χ1v) is 11.7. The average Bonchev–Trinajstić information content (AvgIpc) is 2.77. The molecule has 3 aromatic rings. The van der Waals surface area contributed by atoms with E-state index in [1.54, 1.807) is 79.9 Å². The highest BCUT2D eigenvalue weighted by atomic mass is 79.9. The topological polar surface area (TPSA) is 72.5 Å². The number of carbonyl (C=O) groups excluding carboxylic acids is 1. The number of aryl methyl sites for hydroxylation is 1. The fourth-order valence-electron chi connectivity index (χ4n) is 2.97. The number of Topliss-reactive ketones (excluding diaryl/α,β-unsaturated/α-hetero) is 1. The number of alkyl halides is 1. The Hall–Kier alpha value is -2.48. The summed E-state index contributed by atoms with van der Waals surface area (Å²) in [7, 11) is -2.31. The van der Waals surface area contributed by atoms with Crippen molar-refractivity contribution in [2.45, 2.75) is 22.7 Å². The minimum atomic E-state index is -3.86. The summed E-state index contributed by atoms with van der Waals surface area (Å²) in [5.74, 6) is 0.419. The second-order valence-electron chi connectivity index (χ2n) is 6.82. The van der Waals surface area contributed by atoms with E-state index >= 15 is 0 Å². The minimum Gasteiger partial charge on any atom is -0.497 e. The van der Waals surface area contributed by atoms with E-state index in [2.05, 4.69) is 20.7 Å². The third-order valence-corrected chi connectivity index (χ3v) is 7.09. The van der Waals surface area contributed by atoms with Crippen LogP contribution in [0, 0.1) is 6.92 Å². The number of methoxy groups -OCH3 is 1. The molecule has 3 rings (SSSR count). The smallest absolute Gasteiger partial charge is 0.241 e. The lowest BCUT2D eigenvalue weighted by atomic mass is 9.98. The van der Waals surface area contributed by atoms with Gasteiger partial charge in [0.1, 0.15) is 5.75 Å². The predicted molar refractivity (Wildman–Crippen MR) is 121 cm³/mol. The number of sulfonamides is 1. The van der Waals surface area contributed by atoms with Crippen molar-refractivity contribution in [3.63, 3.8) is 0 Å². The molecule has 0 aliphatic rings. The zero-order chi connectivity index (χ0) is 21.7. The lowest BCUT2D eigenvalue weighted by molar-refractivity contribution is 0.0982. The molecule has 0 heterocycles. The number of halogens is 1. The molecule has 0 aliphatic carbocycles. The van der Waals surface area contributed by atoms with Gasteiger partial charge in [0.05, 0.1) is 22.9 Å². The van der Waals surface area contributed by atoms with Gasteiger partial charge in [-0.15, -0.1) is 0 Å². The van der Waals surface area contributed by atoms with Crippen molar-refractivity contribution in [2.75, 3.05) is 7.11 Å². The molecule has 0 aliphatic heterocycles. The Bertz CT molecular complexity index is 1100. The summed E-state index contributed by atoms with van der Waals surface area (Å²) >= 11 is 3.45. The summed E-state index contributed by atoms with van der Waals surface area (Å²) in [6.07, 6.45) is 0. The number of hydrogen-bond acceptors (Lipinski definition) is 4. The van der Waals surface area contributed by atoms with Gasteiger partial charge in [-0.25, -0.2) is 13.1 Å². The van der Waals surface area contributed by atoms with Gasteiger partial charge in [0.2, 0.25) is 10.0 Å². The Morgan fingerprint density at radius 2 is 1.53 bits per heavy atom. The Kier molecular flexibility index (Phi) is 7.07. The molecular weight excluding hydrogens is 466 g/mol. The zero-order valence-electron chi connectivity index (χ0n) is 16.6. The van der Waals surface area contributed by atoms with Crippen molar-refractivity contribution < 1.29 is 17.9 Å². The molecule has 5 nitrogen and oxygen atoms in total. The molecule has 0 aromatic heterocycles. The van der Waals surface area contributed by atoms with Crippen LogP contribution in [0.4, 0.5) is 0 Å². The number of ketones is 1. The van der Waals surface area contributed by atoms with E-state index in [0.717, 1.165) is 5.56 Å².